The number of anilines is 1. The first-order chi connectivity index (χ1) is 9.86. The Bertz CT molecular complexity index is 577. The van der Waals surface area contributed by atoms with E-state index in [4.69, 9.17) is 5.73 Å². The van der Waals surface area contributed by atoms with Crippen LogP contribution in [0.5, 0.6) is 0 Å². The molecule has 0 spiro atoms. The van der Waals surface area contributed by atoms with Gasteiger partial charge in [0.15, 0.2) is 5.82 Å². The molecule has 1 aromatic rings. The van der Waals surface area contributed by atoms with E-state index in [1.807, 2.05) is 0 Å². The molecule has 1 rings (SSSR count). The van der Waals surface area contributed by atoms with Crippen molar-refractivity contribution in [1.82, 2.24) is 10.6 Å². The Morgan fingerprint density at radius 3 is 2.62 bits per heavy atom. The molecule has 8 nitrogen and oxygen atoms in total. The summed E-state index contributed by atoms with van der Waals surface area (Å²) >= 11 is 0. The molecule has 0 aliphatic rings. The summed E-state index contributed by atoms with van der Waals surface area (Å²) in [4.78, 5) is 33.0. The van der Waals surface area contributed by atoms with E-state index in [0.29, 0.717) is 12.6 Å². The molecule has 0 aliphatic carbocycles. The van der Waals surface area contributed by atoms with Crippen LogP contribution in [-0.4, -0.2) is 29.8 Å². The normalized spacial score (nSPS) is 10.0. The van der Waals surface area contributed by atoms with Crippen LogP contribution in [0.15, 0.2) is 12.1 Å². The molecule has 21 heavy (non-hydrogen) atoms. The lowest BCUT2D eigenvalue weighted by Crippen LogP contribution is -2.31. The lowest BCUT2D eigenvalue weighted by atomic mass is 10.1. The summed E-state index contributed by atoms with van der Waals surface area (Å²) in [5.74, 6) is -2.02. The highest BCUT2D eigenvalue weighted by atomic mass is 19.1. The zero-order valence-corrected chi connectivity index (χ0v) is 11.3. The van der Waals surface area contributed by atoms with Crippen LogP contribution >= 0.6 is 0 Å². The predicted octanol–water partition coefficient (Wildman–Crippen LogP) is 0.572. The molecule has 9 heteroatoms. The molecule has 0 aromatic heterocycles. The molecule has 0 bridgehead atoms. The molecule has 0 radical (unpaired) electrons. The smallest absolute Gasteiger partial charge is 0.285 e. The van der Waals surface area contributed by atoms with Gasteiger partial charge in [-0.15, -0.1) is 0 Å². The molecule has 0 aliphatic heterocycles. The number of hydrogen-bond donors (Lipinski definition) is 3. The number of carbonyl (C=O) groups is 2. The Morgan fingerprint density at radius 2 is 2.05 bits per heavy atom. The van der Waals surface area contributed by atoms with Gasteiger partial charge in [-0.2, -0.15) is 0 Å². The molecular formula is C12H15FN4O4. The minimum atomic E-state index is -0.972. The van der Waals surface area contributed by atoms with E-state index in [1.165, 1.54) is 0 Å². The number of nitro groups is 1. The molecule has 0 atom stereocenters. The number of hydrogen-bond acceptors (Lipinski definition) is 5. The highest BCUT2D eigenvalue weighted by molar-refractivity contribution is 5.99. The van der Waals surface area contributed by atoms with E-state index in [2.05, 4.69) is 10.6 Å². The number of nitrogens with two attached hydrogens (primary N) is 1. The fourth-order valence-corrected chi connectivity index (χ4v) is 1.58. The van der Waals surface area contributed by atoms with Crippen molar-refractivity contribution >= 4 is 23.2 Å². The maximum Gasteiger partial charge on any atom is 0.285 e. The topological polar surface area (TPSA) is 127 Å². The SMILES string of the molecule is CCNC(=O)CCNC(=O)c1cc(N)c(F)cc1[N+](=O)[O-]. The van der Waals surface area contributed by atoms with Crippen LogP contribution < -0.4 is 16.4 Å². The summed E-state index contributed by atoms with van der Waals surface area (Å²) in [5, 5.41) is 15.7. The first-order valence-electron chi connectivity index (χ1n) is 6.15. The van der Waals surface area contributed by atoms with Crippen LogP contribution in [0.3, 0.4) is 0 Å². The van der Waals surface area contributed by atoms with Crippen LogP contribution in [-0.2, 0) is 4.79 Å². The van der Waals surface area contributed by atoms with Crippen LogP contribution in [0.2, 0.25) is 0 Å². The summed E-state index contributed by atoms with van der Waals surface area (Å²) in [6.45, 7) is 2.22. The van der Waals surface area contributed by atoms with Gasteiger partial charge < -0.3 is 16.4 Å². The van der Waals surface area contributed by atoms with Crippen molar-refractivity contribution in [2.45, 2.75) is 13.3 Å². The zero-order chi connectivity index (χ0) is 16.0. The van der Waals surface area contributed by atoms with Crippen molar-refractivity contribution in [2.24, 2.45) is 0 Å². The minimum absolute atomic E-state index is 0.000891. The second-order valence-electron chi connectivity index (χ2n) is 4.11. The van der Waals surface area contributed by atoms with Gasteiger partial charge in [-0.1, -0.05) is 0 Å². The zero-order valence-electron chi connectivity index (χ0n) is 11.3. The molecule has 0 heterocycles. The molecule has 0 fully saturated rings. The van der Waals surface area contributed by atoms with Crippen molar-refractivity contribution in [3.63, 3.8) is 0 Å². The van der Waals surface area contributed by atoms with Crippen molar-refractivity contribution in [2.75, 3.05) is 18.8 Å². The van der Waals surface area contributed by atoms with Gasteiger partial charge in [-0.05, 0) is 13.0 Å². The fraction of sp³-hybridized carbons (Fsp3) is 0.333. The van der Waals surface area contributed by atoms with Crippen molar-refractivity contribution in [3.05, 3.63) is 33.6 Å². The second kappa shape index (κ2) is 7.17. The summed E-state index contributed by atoms with van der Waals surface area (Å²) in [6.07, 6.45) is 0.0318. The lowest BCUT2D eigenvalue weighted by molar-refractivity contribution is -0.385. The van der Waals surface area contributed by atoms with Gasteiger partial charge in [-0.25, -0.2) is 4.39 Å². The third-order valence-corrected chi connectivity index (χ3v) is 2.57. The summed E-state index contributed by atoms with van der Waals surface area (Å²) < 4.78 is 13.2. The van der Waals surface area contributed by atoms with Gasteiger partial charge in [0.05, 0.1) is 16.7 Å². The number of benzene rings is 1. The van der Waals surface area contributed by atoms with Crippen molar-refractivity contribution in [3.8, 4) is 0 Å². The lowest BCUT2D eigenvalue weighted by Gasteiger charge is -2.07. The highest BCUT2D eigenvalue weighted by Crippen LogP contribution is 2.24. The van der Waals surface area contributed by atoms with E-state index >= 15 is 0 Å². The first-order valence-corrected chi connectivity index (χ1v) is 6.15. The van der Waals surface area contributed by atoms with Crippen molar-refractivity contribution in [1.29, 1.82) is 0 Å². The molecular weight excluding hydrogens is 283 g/mol. The average Bonchev–Trinajstić information content (AvgIpc) is 2.41. The Kier molecular flexibility index (Phi) is 5.58. The highest BCUT2D eigenvalue weighted by Gasteiger charge is 2.22. The average molecular weight is 298 g/mol. The first kappa shape index (κ1) is 16.3. The Morgan fingerprint density at radius 1 is 1.38 bits per heavy atom. The van der Waals surface area contributed by atoms with Gasteiger partial charge in [0.2, 0.25) is 5.91 Å². The van der Waals surface area contributed by atoms with E-state index in [-0.39, 0.29) is 30.1 Å². The van der Waals surface area contributed by atoms with Gasteiger partial charge in [0.25, 0.3) is 11.6 Å². The maximum atomic E-state index is 13.2. The molecule has 4 N–H and O–H groups in total. The van der Waals surface area contributed by atoms with Gasteiger partial charge in [0.1, 0.15) is 5.56 Å². The Labute approximate surface area is 119 Å². The van der Waals surface area contributed by atoms with E-state index < -0.39 is 22.3 Å². The quantitative estimate of drug-likeness (QED) is 0.402. The third kappa shape index (κ3) is 4.41. The third-order valence-electron chi connectivity index (χ3n) is 2.57. The summed E-state index contributed by atoms with van der Waals surface area (Å²) in [6, 6.07) is 1.49. The minimum Gasteiger partial charge on any atom is -0.396 e. The number of carbonyl (C=O) groups excluding carboxylic acids is 2. The molecule has 1 aromatic carbocycles. The number of amides is 2. The number of nitrogens with zero attached hydrogens (tertiary/aromatic N) is 1. The van der Waals surface area contributed by atoms with Crippen molar-refractivity contribution < 1.29 is 18.9 Å². The summed E-state index contributed by atoms with van der Waals surface area (Å²) in [5.41, 5.74) is 3.90. The van der Waals surface area contributed by atoms with Gasteiger partial charge in [0, 0.05) is 19.5 Å². The van der Waals surface area contributed by atoms with Crippen LogP contribution in [0.1, 0.15) is 23.7 Å². The number of nitro benzene ring substituents is 1. The van der Waals surface area contributed by atoms with E-state index in [1.54, 1.807) is 6.92 Å². The predicted molar refractivity (Wildman–Crippen MR) is 73.1 cm³/mol. The monoisotopic (exact) mass is 298 g/mol. The van der Waals surface area contributed by atoms with Crippen LogP contribution in [0, 0.1) is 15.9 Å². The summed E-state index contributed by atoms with van der Waals surface area (Å²) in [7, 11) is 0. The number of nitrogen functional groups attached to an aromatic ring is 1. The van der Waals surface area contributed by atoms with Crippen LogP contribution in [0.25, 0.3) is 0 Å². The molecule has 0 saturated heterocycles. The molecule has 0 saturated carbocycles. The maximum absolute atomic E-state index is 13.2. The number of halogens is 1. The van der Waals surface area contributed by atoms with Gasteiger partial charge >= 0.3 is 0 Å². The largest absolute Gasteiger partial charge is 0.396 e. The van der Waals surface area contributed by atoms with E-state index in [9.17, 15) is 24.1 Å². The fourth-order valence-electron chi connectivity index (χ4n) is 1.58. The molecule has 0 unspecified atom stereocenters. The molecule has 2 amide bonds. The Balaban J connectivity index is 2.80. The van der Waals surface area contributed by atoms with E-state index in [0.717, 1.165) is 6.07 Å². The van der Waals surface area contributed by atoms with Crippen LogP contribution in [0.4, 0.5) is 15.8 Å². The number of nitrogens with one attached hydrogen (secondary N) is 2. The standard InChI is InChI=1S/C12H15FN4O4/c1-2-15-11(18)3-4-16-12(19)7-5-9(14)8(13)6-10(7)17(20)21/h5-6H,2-4,14H2,1H3,(H,15,18)(H,16,19). The Hall–Kier alpha value is -2.71. The number of rotatable bonds is 6. The molecule has 114 valence electrons. The van der Waals surface area contributed by atoms with Gasteiger partial charge in [-0.3, -0.25) is 19.7 Å². The second-order valence-corrected chi connectivity index (χ2v) is 4.11.